The molecule has 3 rings (SSSR count). The Morgan fingerprint density at radius 3 is 3.07 bits per heavy atom. The molecule has 0 radical (unpaired) electrons. The normalized spacial score (nSPS) is 31.8. The van der Waals surface area contributed by atoms with Crippen LogP contribution in [0, 0.1) is 0 Å². The van der Waals surface area contributed by atoms with E-state index in [0.29, 0.717) is 12.2 Å². The van der Waals surface area contributed by atoms with E-state index in [0.717, 1.165) is 5.56 Å². The number of benzene rings is 1. The summed E-state index contributed by atoms with van der Waals surface area (Å²) < 4.78 is 10.6. The van der Waals surface area contributed by atoms with Gasteiger partial charge in [-0.3, -0.25) is 4.79 Å². The highest BCUT2D eigenvalue weighted by molar-refractivity contribution is 5.76. The Balaban J connectivity index is 2.16. The molecular formula is C11H10O4. The van der Waals surface area contributed by atoms with Crippen molar-refractivity contribution in [3.63, 3.8) is 0 Å². The number of carbonyl (C=O) groups excluding carboxylic acids is 1. The van der Waals surface area contributed by atoms with E-state index in [4.69, 9.17) is 9.47 Å². The van der Waals surface area contributed by atoms with Crippen LogP contribution in [0.1, 0.15) is 18.9 Å². The van der Waals surface area contributed by atoms with Gasteiger partial charge in [-0.05, 0) is 25.1 Å². The van der Waals surface area contributed by atoms with Crippen LogP contribution in [0.2, 0.25) is 0 Å². The number of rotatable bonds is 0. The number of fused-ring (bicyclic) bond motifs is 3. The Morgan fingerprint density at radius 2 is 2.27 bits per heavy atom. The summed E-state index contributed by atoms with van der Waals surface area (Å²) in [5.41, 5.74) is 0.392. The van der Waals surface area contributed by atoms with Crippen LogP contribution in [0.4, 0.5) is 0 Å². The maximum absolute atomic E-state index is 11.2. The Morgan fingerprint density at radius 1 is 1.47 bits per heavy atom. The molecule has 1 aromatic rings. The fourth-order valence-electron chi connectivity index (χ4n) is 2.23. The average molecular weight is 206 g/mol. The summed E-state index contributed by atoms with van der Waals surface area (Å²) >= 11 is 0. The molecule has 2 unspecified atom stereocenters. The van der Waals surface area contributed by atoms with Crippen LogP contribution >= 0.6 is 0 Å². The maximum atomic E-state index is 11.2. The molecule has 4 heteroatoms. The molecule has 2 aliphatic heterocycles. The molecule has 4 nitrogen and oxygen atoms in total. The highest BCUT2D eigenvalue weighted by Gasteiger charge is 2.54. The predicted molar refractivity (Wildman–Crippen MR) is 50.6 cm³/mol. The summed E-state index contributed by atoms with van der Waals surface area (Å²) in [6, 6.07) is 4.89. The molecule has 1 saturated heterocycles. The lowest BCUT2D eigenvalue weighted by molar-refractivity contribution is -0.151. The molecule has 0 saturated carbocycles. The fourth-order valence-corrected chi connectivity index (χ4v) is 2.23. The Hall–Kier alpha value is -1.71. The molecule has 0 aromatic heterocycles. The first-order valence-corrected chi connectivity index (χ1v) is 4.79. The van der Waals surface area contributed by atoms with E-state index in [1.165, 1.54) is 0 Å². The van der Waals surface area contributed by atoms with Gasteiger partial charge in [-0.2, -0.15) is 0 Å². The summed E-state index contributed by atoms with van der Waals surface area (Å²) in [6.07, 6.45) is -0.240. The number of ether oxygens (including phenoxy) is 2. The summed E-state index contributed by atoms with van der Waals surface area (Å²) in [5, 5.41) is 9.42. The second-order valence-electron chi connectivity index (χ2n) is 4.21. The van der Waals surface area contributed by atoms with Crippen LogP contribution in [-0.4, -0.2) is 17.4 Å². The van der Waals surface area contributed by atoms with Crippen molar-refractivity contribution in [3.05, 3.63) is 23.8 Å². The van der Waals surface area contributed by atoms with Gasteiger partial charge in [0.1, 0.15) is 11.5 Å². The first-order valence-electron chi connectivity index (χ1n) is 4.79. The minimum Gasteiger partial charge on any atom is -0.508 e. The van der Waals surface area contributed by atoms with Gasteiger partial charge in [0.15, 0.2) is 0 Å². The van der Waals surface area contributed by atoms with Crippen molar-refractivity contribution in [2.45, 2.75) is 25.0 Å². The van der Waals surface area contributed by atoms with Gasteiger partial charge in [-0.25, -0.2) is 0 Å². The summed E-state index contributed by atoms with van der Waals surface area (Å²) in [5.74, 6) is 0.614. The molecule has 0 bridgehead atoms. The number of aromatic hydroxyl groups is 1. The largest absolute Gasteiger partial charge is 0.508 e. The van der Waals surface area contributed by atoms with Gasteiger partial charge in [0.25, 0.3) is 6.29 Å². The standard InChI is InChI=1S/C11H10O4/c1-11-5-9(13)15-10(11)14-8-3-2-6(12)4-7(8)11/h2-4,10,12H,5H2,1H3. The van der Waals surface area contributed by atoms with Gasteiger partial charge < -0.3 is 14.6 Å². The molecule has 0 aliphatic carbocycles. The van der Waals surface area contributed by atoms with Crippen LogP contribution in [-0.2, 0) is 14.9 Å². The molecule has 2 atom stereocenters. The SMILES string of the molecule is CC12CC(=O)OC1Oc1ccc(O)cc12. The zero-order valence-electron chi connectivity index (χ0n) is 8.19. The van der Waals surface area contributed by atoms with E-state index >= 15 is 0 Å². The number of carbonyl (C=O) groups is 1. The zero-order chi connectivity index (χ0) is 10.6. The van der Waals surface area contributed by atoms with Gasteiger partial charge in [-0.15, -0.1) is 0 Å². The minimum absolute atomic E-state index is 0.179. The third kappa shape index (κ3) is 0.988. The van der Waals surface area contributed by atoms with Gasteiger partial charge in [0.2, 0.25) is 0 Å². The molecule has 0 amide bonds. The van der Waals surface area contributed by atoms with Crippen molar-refractivity contribution >= 4 is 5.97 Å². The van der Waals surface area contributed by atoms with Crippen LogP contribution in [0.25, 0.3) is 0 Å². The van der Waals surface area contributed by atoms with Crippen molar-refractivity contribution in [3.8, 4) is 11.5 Å². The van der Waals surface area contributed by atoms with E-state index in [1.54, 1.807) is 18.2 Å². The molecule has 1 fully saturated rings. The zero-order valence-corrected chi connectivity index (χ0v) is 8.19. The number of phenols is 1. The van der Waals surface area contributed by atoms with Crippen LogP contribution < -0.4 is 4.74 Å². The average Bonchev–Trinajstić information content (AvgIpc) is 2.57. The Kier molecular flexibility index (Phi) is 1.40. The topological polar surface area (TPSA) is 55.8 Å². The second kappa shape index (κ2) is 2.45. The molecule has 78 valence electrons. The monoisotopic (exact) mass is 206 g/mol. The lowest BCUT2D eigenvalue weighted by Crippen LogP contribution is -2.29. The maximum Gasteiger partial charge on any atom is 0.310 e. The Labute approximate surface area is 86.4 Å². The van der Waals surface area contributed by atoms with E-state index in [2.05, 4.69) is 0 Å². The lowest BCUT2D eigenvalue weighted by Gasteiger charge is -2.18. The van der Waals surface area contributed by atoms with Crippen molar-refractivity contribution in [1.82, 2.24) is 0 Å². The number of phenolic OH excluding ortho intramolecular Hbond substituents is 1. The van der Waals surface area contributed by atoms with Gasteiger partial charge in [0, 0.05) is 5.56 Å². The molecule has 1 aromatic carbocycles. The number of hydrogen-bond donors (Lipinski definition) is 1. The van der Waals surface area contributed by atoms with Gasteiger partial charge >= 0.3 is 5.97 Å². The minimum atomic E-state index is -0.540. The first-order chi connectivity index (χ1) is 7.09. The number of hydrogen-bond acceptors (Lipinski definition) is 4. The second-order valence-corrected chi connectivity index (χ2v) is 4.21. The smallest absolute Gasteiger partial charge is 0.310 e. The first kappa shape index (κ1) is 8.59. The molecule has 0 spiro atoms. The molecule has 2 aliphatic rings. The number of esters is 1. The van der Waals surface area contributed by atoms with E-state index in [1.807, 2.05) is 6.92 Å². The highest BCUT2D eigenvalue weighted by atomic mass is 16.7. The van der Waals surface area contributed by atoms with Crippen LogP contribution in [0.5, 0.6) is 11.5 Å². The van der Waals surface area contributed by atoms with E-state index in [9.17, 15) is 9.90 Å². The third-order valence-corrected chi connectivity index (χ3v) is 3.08. The molecular weight excluding hydrogens is 196 g/mol. The molecule has 15 heavy (non-hydrogen) atoms. The van der Waals surface area contributed by atoms with Crippen LogP contribution in [0.15, 0.2) is 18.2 Å². The molecule has 2 heterocycles. The van der Waals surface area contributed by atoms with Crippen molar-refractivity contribution in [2.75, 3.05) is 0 Å². The highest BCUT2D eigenvalue weighted by Crippen LogP contribution is 2.50. The third-order valence-electron chi connectivity index (χ3n) is 3.08. The van der Waals surface area contributed by atoms with Crippen LogP contribution in [0.3, 0.4) is 0 Å². The Bertz CT molecular complexity index is 454. The fraction of sp³-hybridized carbons (Fsp3) is 0.364. The van der Waals surface area contributed by atoms with Crippen molar-refractivity contribution < 1.29 is 19.4 Å². The summed E-state index contributed by atoms with van der Waals surface area (Å²) in [4.78, 5) is 11.2. The van der Waals surface area contributed by atoms with Gasteiger partial charge in [-0.1, -0.05) is 0 Å². The predicted octanol–water partition coefficient (Wildman–Crippen LogP) is 1.32. The summed E-state index contributed by atoms with van der Waals surface area (Å²) in [7, 11) is 0. The van der Waals surface area contributed by atoms with E-state index in [-0.39, 0.29) is 11.7 Å². The molecule has 1 N–H and O–H groups in total. The lowest BCUT2D eigenvalue weighted by atomic mass is 9.82. The van der Waals surface area contributed by atoms with Crippen molar-refractivity contribution in [2.24, 2.45) is 0 Å². The summed E-state index contributed by atoms with van der Waals surface area (Å²) in [6.45, 7) is 1.91. The van der Waals surface area contributed by atoms with Crippen molar-refractivity contribution in [1.29, 1.82) is 0 Å². The quantitative estimate of drug-likeness (QED) is 0.650. The van der Waals surface area contributed by atoms with Gasteiger partial charge in [0.05, 0.1) is 11.8 Å². The van der Waals surface area contributed by atoms with E-state index < -0.39 is 11.7 Å².